The first-order chi connectivity index (χ1) is 17.1. The third-order valence-electron chi connectivity index (χ3n) is 5.67. The number of rotatable bonds is 10. The van der Waals surface area contributed by atoms with E-state index in [0.29, 0.717) is 39.4 Å². The summed E-state index contributed by atoms with van der Waals surface area (Å²) in [4.78, 5) is 24.9. The van der Waals surface area contributed by atoms with Crippen molar-refractivity contribution in [1.82, 2.24) is 10.1 Å². The van der Waals surface area contributed by atoms with Gasteiger partial charge in [0, 0.05) is 24.1 Å². The monoisotopic (exact) mass is 530 g/mol. The van der Waals surface area contributed by atoms with Gasteiger partial charge in [0.05, 0.1) is 15.6 Å². The van der Waals surface area contributed by atoms with Gasteiger partial charge in [-0.3, -0.25) is 4.79 Å². The van der Waals surface area contributed by atoms with Crippen LogP contribution in [0.5, 0.6) is 5.75 Å². The van der Waals surface area contributed by atoms with Gasteiger partial charge in [-0.1, -0.05) is 60.4 Å². The average molecular weight is 531 g/mol. The highest BCUT2D eigenvalue weighted by atomic mass is 35.5. The number of nitrogens with zero attached hydrogens (tertiary/aromatic N) is 2. The Balaban J connectivity index is 1.75. The molecule has 7 nitrogen and oxygen atoms in total. The Kier molecular flexibility index (Phi) is 9.18. The summed E-state index contributed by atoms with van der Waals surface area (Å²) in [5.74, 6) is -0.0428. The summed E-state index contributed by atoms with van der Waals surface area (Å²) in [6.45, 7) is 7.71. The largest absolute Gasteiger partial charge is 0.489 e. The van der Waals surface area contributed by atoms with Crippen LogP contribution in [0, 0.1) is 0 Å². The Labute approximate surface area is 220 Å². The molecular weight excluding hydrogens is 503 g/mol. The summed E-state index contributed by atoms with van der Waals surface area (Å²) in [6.07, 6.45) is 3.00. The van der Waals surface area contributed by atoms with Crippen LogP contribution >= 0.6 is 23.2 Å². The van der Waals surface area contributed by atoms with Crippen LogP contribution < -0.4 is 4.74 Å². The topological polar surface area (TPSA) is 92.9 Å². The van der Waals surface area contributed by atoms with E-state index in [-0.39, 0.29) is 18.4 Å². The number of carbonyl (C=O) groups is 2. The van der Waals surface area contributed by atoms with Crippen LogP contribution in [-0.4, -0.2) is 39.6 Å². The van der Waals surface area contributed by atoms with Gasteiger partial charge in [0.2, 0.25) is 5.91 Å². The van der Waals surface area contributed by atoms with Crippen LogP contribution in [-0.2, 0) is 16.2 Å². The molecule has 1 atom stereocenters. The van der Waals surface area contributed by atoms with Gasteiger partial charge in [-0.2, -0.15) is 0 Å². The van der Waals surface area contributed by atoms with Crippen molar-refractivity contribution in [2.75, 3.05) is 6.54 Å². The molecule has 2 aromatic carbocycles. The van der Waals surface area contributed by atoms with Crippen LogP contribution in [0.25, 0.3) is 17.3 Å². The molecule has 0 saturated carbocycles. The highest BCUT2D eigenvalue weighted by Crippen LogP contribution is 2.38. The summed E-state index contributed by atoms with van der Waals surface area (Å²) in [7, 11) is 0. The third kappa shape index (κ3) is 6.28. The highest BCUT2D eigenvalue weighted by molar-refractivity contribution is 6.39. The minimum absolute atomic E-state index is 0.0719. The van der Waals surface area contributed by atoms with E-state index in [1.165, 1.54) is 17.9 Å². The van der Waals surface area contributed by atoms with E-state index in [4.69, 9.17) is 37.6 Å². The molecule has 3 aromatic rings. The van der Waals surface area contributed by atoms with E-state index in [0.717, 1.165) is 11.1 Å². The molecule has 190 valence electrons. The second-order valence-electron chi connectivity index (χ2n) is 8.45. The molecule has 1 aromatic heterocycles. The molecule has 0 spiro atoms. The number of carbonyl (C=O) groups excluding carboxylic acids is 1. The first kappa shape index (κ1) is 27.3. The van der Waals surface area contributed by atoms with Gasteiger partial charge in [-0.15, -0.1) is 0 Å². The average Bonchev–Trinajstić information content (AvgIpc) is 3.26. The summed E-state index contributed by atoms with van der Waals surface area (Å²) >= 11 is 12.8. The number of benzene rings is 2. The Morgan fingerprint density at radius 1 is 1.11 bits per heavy atom. The van der Waals surface area contributed by atoms with Crippen molar-refractivity contribution >= 4 is 41.2 Å². The normalized spacial score (nSPS) is 12.2. The lowest BCUT2D eigenvalue weighted by Gasteiger charge is -2.23. The maximum atomic E-state index is 12.4. The van der Waals surface area contributed by atoms with Gasteiger partial charge in [0.1, 0.15) is 29.9 Å². The number of halogens is 2. The number of likely N-dealkylation sites (N-methyl/N-ethyl adjacent to an activating group) is 1. The molecule has 36 heavy (non-hydrogen) atoms. The Hall–Kier alpha value is -3.29. The molecule has 9 heteroatoms. The Morgan fingerprint density at radius 2 is 1.75 bits per heavy atom. The molecule has 0 unspecified atom stereocenters. The molecule has 0 aliphatic carbocycles. The number of carboxylic acids is 1. The molecule has 0 aliphatic rings. The molecule has 1 N–H and O–H groups in total. The Morgan fingerprint density at radius 3 is 2.31 bits per heavy atom. The minimum atomic E-state index is -1.05. The van der Waals surface area contributed by atoms with Gasteiger partial charge in [0.15, 0.2) is 0 Å². The SMILES string of the molecule is CCN(C(=O)/C=C/c1ccc(OCc2c(-c3c(Cl)cccc3Cl)noc2C(C)C)cc1)[C@@H](C)C(=O)O. The fraction of sp³-hybridized carbons (Fsp3) is 0.296. The van der Waals surface area contributed by atoms with Crippen LogP contribution in [0.3, 0.4) is 0 Å². The van der Waals surface area contributed by atoms with E-state index in [1.54, 1.807) is 55.5 Å². The quantitative estimate of drug-likeness (QED) is 0.293. The lowest BCUT2D eigenvalue weighted by atomic mass is 10.0. The number of aliphatic carboxylic acids is 1. The van der Waals surface area contributed by atoms with Gasteiger partial charge in [-0.25, -0.2) is 4.79 Å². The third-order valence-corrected chi connectivity index (χ3v) is 6.30. The maximum Gasteiger partial charge on any atom is 0.326 e. The number of hydrogen-bond donors (Lipinski definition) is 1. The maximum absolute atomic E-state index is 12.4. The zero-order valence-electron chi connectivity index (χ0n) is 20.5. The molecule has 3 rings (SSSR count). The molecule has 0 bridgehead atoms. The predicted octanol–water partition coefficient (Wildman–Crippen LogP) is 6.69. The second kappa shape index (κ2) is 12.1. The van der Waals surface area contributed by atoms with Crippen molar-refractivity contribution < 1.29 is 24.0 Å². The standard InChI is InChI=1S/C27H28Cl2N2O5/c1-5-31(17(4)27(33)34)23(32)14-11-18-9-12-19(13-10-18)35-15-20-25(30-36-26(20)16(2)3)24-21(28)7-6-8-22(24)29/h6-14,16-17H,5,15H2,1-4H3,(H,33,34)/b14-11+/t17-/m0/s1. The zero-order chi connectivity index (χ0) is 26.4. The molecule has 0 radical (unpaired) electrons. The smallest absolute Gasteiger partial charge is 0.326 e. The van der Waals surface area contributed by atoms with Crippen molar-refractivity contribution in [2.45, 2.75) is 46.3 Å². The van der Waals surface area contributed by atoms with Crippen molar-refractivity contribution in [1.29, 1.82) is 0 Å². The Bertz CT molecular complexity index is 1230. The summed E-state index contributed by atoms with van der Waals surface area (Å²) in [5, 5.41) is 14.3. The van der Waals surface area contributed by atoms with Crippen LogP contribution in [0.4, 0.5) is 0 Å². The van der Waals surface area contributed by atoms with E-state index in [2.05, 4.69) is 5.16 Å². The van der Waals surface area contributed by atoms with Crippen LogP contribution in [0.1, 0.15) is 50.5 Å². The molecule has 1 amide bonds. The fourth-order valence-corrected chi connectivity index (χ4v) is 4.26. The van der Waals surface area contributed by atoms with Gasteiger partial charge < -0.3 is 19.3 Å². The zero-order valence-corrected chi connectivity index (χ0v) is 22.0. The second-order valence-corrected chi connectivity index (χ2v) is 9.27. The highest BCUT2D eigenvalue weighted by Gasteiger charge is 2.24. The van der Waals surface area contributed by atoms with E-state index in [1.807, 2.05) is 13.8 Å². The van der Waals surface area contributed by atoms with Crippen molar-refractivity contribution in [2.24, 2.45) is 0 Å². The summed E-state index contributed by atoms with van der Waals surface area (Å²) in [5.41, 5.74) is 2.68. The summed E-state index contributed by atoms with van der Waals surface area (Å²) < 4.78 is 11.6. The lowest BCUT2D eigenvalue weighted by Crippen LogP contribution is -2.42. The molecule has 0 saturated heterocycles. The van der Waals surface area contributed by atoms with E-state index in [9.17, 15) is 9.59 Å². The van der Waals surface area contributed by atoms with Gasteiger partial charge >= 0.3 is 5.97 Å². The number of ether oxygens (including phenoxy) is 1. The van der Waals surface area contributed by atoms with Gasteiger partial charge in [0.25, 0.3) is 0 Å². The fourth-order valence-electron chi connectivity index (χ4n) is 3.68. The van der Waals surface area contributed by atoms with Crippen molar-refractivity contribution in [3.05, 3.63) is 75.5 Å². The van der Waals surface area contributed by atoms with Crippen LogP contribution in [0.15, 0.2) is 53.1 Å². The van der Waals surface area contributed by atoms with Crippen molar-refractivity contribution in [3.8, 4) is 17.0 Å². The molecular formula is C27H28Cl2N2O5. The number of amides is 1. The number of carboxylic acid groups (broad SMARTS) is 1. The molecule has 0 fully saturated rings. The van der Waals surface area contributed by atoms with E-state index < -0.39 is 12.0 Å². The first-order valence-electron chi connectivity index (χ1n) is 11.5. The number of hydrogen-bond acceptors (Lipinski definition) is 5. The predicted molar refractivity (Wildman–Crippen MR) is 140 cm³/mol. The number of aromatic nitrogens is 1. The minimum Gasteiger partial charge on any atom is -0.489 e. The molecule has 0 aliphatic heterocycles. The summed E-state index contributed by atoms with van der Waals surface area (Å²) in [6, 6.07) is 11.5. The molecule has 1 heterocycles. The van der Waals surface area contributed by atoms with Gasteiger partial charge in [-0.05, 0) is 49.8 Å². The first-order valence-corrected chi connectivity index (χ1v) is 12.3. The van der Waals surface area contributed by atoms with E-state index >= 15 is 0 Å². The van der Waals surface area contributed by atoms with Crippen molar-refractivity contribution in [3.63, 3.8) is 0 Å². The van der Waals surface area contributed by atoms with Crippen LogP contribution in [0.2, 0.25) is 10.0 Å². The lowest BCUT2D eigenvalue weighted by molar-refractivity contribution is -0.147.